The van der Waals surface area contributed by atoms with Crippen molar-refractivity contribution in [1.82, 2.24) is 9.55 Å². The second-order valence-corrected chi connectivity index (χ2v) is 25.5. The first kappa shape index (κ1) is 51.0. The summed E-state index contributed by atoms with van der Waals surface area (Å²) in [6.45, 7) is 23.6. The normalized spacial score (nSPS) is 13.0. The van der Waals surface area contributed by atoms with Crippen molar-refractivity contribution in [2.24, 2.45) is 0 Å². The van der Waals surface area contributed by atoms with Gasteiger partial charge < -0.3 is 14.5 Å². The molecule has 0 amide bonds. The second kappa shape index (κ2) is 19.7. The molecule has 1 aliphatic heterocycles. The maximum Gasteiger partial charge on any atom is 0.137 e. The van der Waals surface area contributed by atoms with Gasteiger partial charge in [-0.05, 0) is 140 Å². The fourth-order valence-electron chi connectivity index (χ4n) is 12.2. The highest BCUT2D eigenvalue weighted by atomic mass is 32.1. The van der Waals surface area contributed by atoms with Crippen LogP contribution in [0.5, 0.6) is 11.5 Å². The zero-order valence-corrected chi connectivity index (χ0v) is 48.4. The molecule has 12 aromatic rings. The quantitative estimate of drug-likeness (QED) is 0.137. The van der Waals surface area contributed by atoms with E-state index in [4.69, 9.17) is 9.72 Å². The van der Waals surface area contributed by atoms with E-state index in [0.29, 0.717) is 18.5 Å². The third kappa shape index (κ3) is 8.91. The Hall–Kier alpha value is -8.45. The van der Waals surface area contributed by atoms with Gasteiger partial charge in [-0.3, -0.25) is 4.57 Å². The van der Waals surface area contributed by atoms with E-state index in [0.717, 1.165) is 51.0 Å². The van der Waals surface area contributed by atoms with Crippen molar-refractivity contribution in [3.05, 3.63) is 229 Å². The Kier molecular flexibility index (Phi) is 12.6. The first-order valence-electron chi connectivity index (χ1n) is 28.3. The summed E-state index contributed by atoms with van der Waals surface area (Å²) in [6.07, 6.45) is 1.96. The Balaban J connectivity index is 1.01. The van der Waals surface area contributed by atoms with E-state index in [1.165, 1.54) is 86.7 Å². The van der Waals surface area contributed by atoms with Crippen LogP contribution in [0, 0.1) is 0 Å². The first-order valence-corrected chi connectivity index (χ1v) is 29.2. The standard InChI is InChI=1S/C74H68N4OS/c1-46(2)56-27-21-28-57(47(3)4)69(56)50-38-53(76-45-77(64-30-19-18-29-63(64)76)71-61(48-22-13-11-14-23-48)40-52(74(8,9)10)41-62(71)49-24-15-12-16-25-49)43-55(39-50)79-54-32-33-60-66(44-54)78(68-42-51(36-37-75-68)73(5,6)7)65-35-34-59-58-26-17-20-31-67(58)80-72(59)70(60)65/h11-44,46-47H,45H2,1-10H3. The van der Waals surface area contributed by atoms with Gasteiger partial charge in [0.1, 0.15) is 24.0 Å². The van der Waals surface area contributed by atoms with Crippen LogP contribution < -0.4 is 14.5 Å². The van der Waals surface area contributed by atoms with Gasteiger partial charge in [-0.15, -0.1) is 11.3 Å². The smallest absolute Gasteiger partial charge is 0.137 e. The van der Waals surface area contributed by atoms with Gasteiger partial charge in [0.05, 0.1) is 28.1 Å². The fraction of sp³-hybridized carbons (Fsp3) is 0.203. The first-order chi connectivity index (χ1) is 38.6. The van der Waals surface area contributed by atoms with Gasteiger partial charge in [-0.1, -0.05) is 184 Å². The van der Waals surface area contributed by atoms with Crippen LogP contribution in [-0.2, 0) is 10.8 Å². The van der Waals surface area contributed by atoms with Crippen LogP contribution in [0.15, 0.2) is 206 Å². The lowest BCUT2D eigenvalue weighted by Crippen LogP contribution is -2.25. The van der Waals surface area contributed by atoms with Crippen LogP contribution in [0.1, 0.15) is 103 Å². The van der Waals surface area contributed by atoms with Crippen LogP contribution in [-0.4, -0.2) is 16.2 Å². The third-order valence-electron chi connectivity index (χ3n) is 16.3. The third-order valence-corrected chi connectivity index (χ3v) is 17.6. The Morgan fingerprint density at radius 3 is 1.75 bits per heavy atom. The summed E-state index contributed by atoms with van der Waals surface area (Å²) in [4.78, 5) is 10.1. The molecule has 0 bridgehead atoms. The van der Waals surface area contributed by atoms with Crippen molar-refractivity contribution in [3.8, 4) is 50.7 Å². The molecule has 396 valence electrons. The minimum atomic E-state index is -0.0838. The van der Waals surface area contributed by atoms with E-state index in [9.17, 15) is 0 Å². The van der Waals surface area contributed by atoms with Crippen molar-refractivity contribution >= 4 is 76.1 Å². The van der Waals surface area contributed by atoms with E-state index in [1.807, 2.05) is 17.5 Å². The zero-order chi connectivity index (χ0) is 55.2. The molecule has 13 rings (SSSR count). The van der Waals surface area contributed by atoms with Crippen molar-refractivity contribution in [3.63, 3.8) is 0 Å². The molecule has 0 N–H and O–H groups in total. The van der Waals surface area contributed by atoms with E-state index in [2.05, 4.69) is 284 Å². The Morgan fingerprint density at radius 2 is 1.10 bits per heavy atom. The van der Waals surface area contributed by atoms with Crippen molar-refractivity contribution < 1.29 is 4.74 Å². The molecule has 0 atom stereocenters. The Labute approximate surface area is 475 Å². The Morgan fingerprint density at radius 1 is 0.487 bits per heavy atom. The summed E-state index contributed by atoms with van der Waals surface area (Å²) >= 11 is 1.87. The van der Waals surface area contributed by atoms with E-state index < -0.39 is 0 Å². The number of benzene rings is 9. The lowest BCUT2D eigenvalue weighted by molar-refractivity contribution is 0.483. The second-order valence-electron chi connectivity index (χ2n) is 24.4. The lowest BCUT2D eigenvalue weighted by atomic mass is 9.82. The molecular weight excluding hydrogens is 993 g/mol. The highest BCUT2D eigenvalue weighted by Gasteiger charge is 2.34. The monoisotopic (exact) mass is 1060 g/mol. The van der Waals surface area contributed by atoms with Crippen LogP contribution in [0.2, 0.25) is 0 Å². The van der Waals surface area contributed by atoms with Gasteiger partial charge in [0.2, 0.25) is 0 Å². The van der Waals surface area contributed by atoms with E-state index in [1.54, 1.807) is 0 Å². The Bertz CT molecular complexity index is 4260. The maximum atomic E-state index is 7.38. The molecule has 0 radical (unpaired) electrons. The predicted molar refractivity (Wildman–Crippen MR) is 342 cm³/mol. The molecule has 3 aromatic heterocycles. The largest absolute Gasteiger partial charge is 0.457 e. The van der Waals surface area contributed by atoms with E-state index in [-0.39, 0.29) is 10.8 Å². The fourth-order valence-corrected chi connectivity index (χ4v) is 13.5. The molecule has 0 unspecified atom stereocenters. The lowest BCUT2D eigenvalue weighted by Gasteiger charge is -2.30. The van der Waals surface area contributed by atoms with Crippen molar-refractivity contribution in [2.75, 3.05) is 16.5 Å². The number of nitrogens with zero attached hydrogens (tertiary/aromatic N) is 4. The summed E-state index contributed by atoms with van der Waals surface area (Å²) in [5, 5.41) is 4.97. The number of pyridine rings is 1. The minimum Gasteiger partial charge on any atom is -0.457 e. The van der Waals surface area contributed by atoms with Gasteiger partial charge in [0, 0.05) is 66.1 Å². The molecule has 0 saturated heterocycles. The number of rotatable bonds is 10. The highest BCUT2D eigenvalue weighted by molar-refractivity contribution is 7.26. The molecule has 0 spiro atoms. The average Bonchev–Trinajstić information content (AvgIpc) is 4.17. The molecule has 6 heteroatoms. The predicted octanol–water partition coefficient (Wildman–Crippen LogP) is 21.4. The van der Waals surface area contributed by atoms with Gasteiger partial charge in [-0.2, -0.15) is 0 Å². The molecule has 4 heterocycles. The molecule has 0 saturated carbocycles. The summed E-state index contributed by atoms with van der Waals surface area (Å²) < 4.78 is 12.3. The topological polar surface area (TPSA) is 33.5 Å². The number of para-hydroxylation sites is 2. The molecule has 5 nitrogen and oxygen atoms in total. The van der Waals surface area contributed by atoms with Crippen molar-refractivity contribution in [1.29, 1.82) is 0 Å². The molecule has 0 aliphatic carbocycles. The number of aromatic nitrogens is 2. The van der Waals surface area contributed by atoms with Crippen LogP contribution in [0.3, 0.4) is 0 Å². The van der Waals surface area contributed by atoms with Gasteiger partial charge >= 0.3 is 0 Å². The van der Waals surface area contributed by atoms with Gasteiger partial charge in [0.25, 0.3) is 0 Å². The minimum absolute atomic E-state index is 0.0616. The summed E-state index contributed by atoms with van der Waals surface area (Å²) in [6, 6.07) is 73.9. The SMILES string of the molecule is CC(C)c1cccc(C(C)C)c1-c1cc(Oc2ccc3c4c5sc6ccccc6c5ccc4n(-c4cc(C(C)(C)C)ccn4)c3c2)cc(N2CN(c3c(-c4ccccc4)cc(C(C)(C)C)cc3-c3ccccc3)c3ccccc32)c1. The number of ether oxygens (including phenoxy) is 1. The van der Waals surface area contributed by atoms with Crippen LogP contribution >= 0.6 is 11.3 Å². The van der Waals surface area contributed by atoms with Gasteiger partial charge in [0.15, 0.2) is 0 Å². The highest BCUT2D eigenvalue weighted by Crippen LogP contribution is 2.53. The summed E-state index contributed by atoms with van der Waals surface area (Å²) in [5.74, 6) is 3.01. The number of hydrogen-bond acceptors (Lipinski definition) is 5. The summed E-state index contributed by atoms with van der Waals surface area (Å²) in [5.41, 5.74) is 18.9. The van der Waals surface area contributed by atoms with Crippen LogP contribution in [0.4, 0.5) is 22.7 Å². The van der Waals surface area contributed by atoms with E-state index >= 15 is 0 Å². The number of thiophene rings is 1. The van der Waals surface area contributed by atoms with Crippen molar-refractivity contribution in [2.45, 2.75) is 91.9 Å². The number of anilines is 4. The zero-order valence-electron chi connectivity index (χ0n) is 47.6. The average molecular weight is 1060 g/mol. The molecule has 1 aliphatic rings. The molecular formula is C74H68N4OS. The number of hydrogen-bond donors (Lipinski definition) is 0. The van der Waals surface area contributed by atoms with Gasteiger partial charge in [-0.25, -0.2) is 4.98 Å². The number of fused-ring (bicyclic) bond motifs is 8. The maximum absolute atomic E-state index is 7.38. The molecule has 9 aromatic carbocycles. The van der Waals surface area contributed by atoms with Crippen LogP contribution in [0.25, 0.3) is 81.2 Å². The molecule has 0 fully saturated rings. The molecule has 80 heavy (non-hydrogen) atoms. The summed E-state index contributed by atoms with van der Waals surface area (Å²) in [7, 11) is 0.